The fourth-order valence-corrected chi connectivity index (χ4v) is 4.60. The van der Waals surface area contributed by atoms with Gasteiger partial charge in [0.2, 0.25) is 0 Å². The number of rotatable bonds is 0. The van der Waals surface area contributed by atoms with E-state index < -0.39 is 16.8 Å². The van der Waals surface area contributed by atoms with Crippen LogP contribution < -0.4 is 0 Å². The van der Waals surface area contributed by atoms with Crippen LogP contribution in [0.4, 0.5) is 0 Å². The van der Waals surface area contributed by atoms with E-state index in [0.29, 0.717) is 24.2 Å². The van der Waals surface area contributed by atoms with Gasteiger partial charge in [0.25, 0.3) is 0 Å². The molecule has 3 aliphatic heterocycles. The maximum atomic E-state index is 11.8. The van der Waals surface area contributed by atoms with E-state index in [0.717, 1.165) is 5.57 Å². The van der Waals surface area contributed by atoms with Crippen molar-refractivity contribution < 1.29 is 24.1 Å². The fraction of sp³-hybridized carbons (Fsp3) is 0.667. The van der Waals surface area contributed by atoms with E-state index >= 15 is 0 Å². The van der Waals surface area contributed by atoms with Crippen LogP contribution in [0.25, 0.3) is 0 Å². The highest BCUT2D eigenvalue weighted by Crippen LogP contribution is 2.74. The van der Waals surface area contributed by atoms with Crippen LogP contribution in [-0.2, 0) is 19.0 Å². The predicted molar refractivity (Wildman–Crippen MR) is 66.5 cm³/mol. The summed E-state index contributed by atoms with van der Waals surface area (Å²) in [5.41, 5.74) is -0.809. The maximum Gasteiger partial charge on any atom is 0.339 e. The van der Waals surface area contributed by atoms with Crippen LogP contribution in [0.15, 0.2) is 23.5 Å². The van der Waals surface area contributed by atoms with Gasteiger partial charge < -0.3 is 19.3 Å². The molecule has 6 atom stereocenters. The van der Waals surface area contributed by atoms with Gasteiger partial charge in [-0.1, -0.05) is 6.58 Å². The molecular formula is C15H16O5. The van der Waals surface area contributed by atoms with Gasteiger partial charge in [-0.15, -0.1) is 0 Å². The smallest absolute Gasteiger partial charge is 0.339 e. The average Bonchev–Trinajstić information content (AvgIpc) is 3.21. The zero-order chi connectivity index (χ0) is 14.1. The lowest BCUT2D eigenvalue weighted by Gasteiger charge is -2.31. The van der Waals surface area contributed by atoms with Crippen LogP contribution in [0.1, 0.15) is 26.7 Å². The molecule has 5 rings (SSSR count). The minimum absolute atomic E-state index is 0.0252. The SMILES string of the molecule is C=C1C(=O)OC2=C3[C@@]4(C)O[C@H]4[C@H]4O[C@@]34[C@](C)(O)CC[C@@H]12. The molecule has 3 saturated heterocycles. The van der Waals surface area contributed by atoms with E-state index in [9.17, 15) is 9.90 Å². The Hall–Kier alpha value is -1.17. The van der Waals surface area contributed by atoms with Crippen LogP contribution in [-0.4, -0.2) is 40.1 Å². The third kappa shape index (κ3) is 0.917. The largest absolute Gasteiger partial charge is 0.427 e. The second kappa shape index (κ2) is 2.75. The van der Waals surface area contributed by atoms with Crippen LogP contribution in [0.3, 0.4) is 0 Å². The number of hydrogen-bond donors (Lipinski definition) is 1. The van der Waals surface area contributed by atoms with Crippen molar-refractivity contribution in [1.82, 2.24) is 0 Å². The van der Waals surface area contributed by atoms with Crippen molar-refractivity contribution in [3.05, 3.63) is 23.5 Å². The van der Waals surface area contributed by atoms with Crippen LogP contribution in [0, 0.1) is 5.92 Å². The van der Waals surface area contributed by atoms with Crippen molar-refractivity contribution in [2.75, 3.05) is 0 Å². The molecule has 20 heavy (non-hydrogen) atoms. The minimum Gasteiger partial charge on any atom is -0.427 e. The summed E-state index contributed by atoms with van der Waals surface area (Å²) in [5, 5.41) is 10.9. The van der Waals surface area contributed by atoms with Gasteiger partial charge in [0, 0.05) is 17.1 Å². The third-order valence-corrected chi connectivity index (χ3v) is 5.82. The van der Waals surface area contributed by atoms with Crippen molar-refractivity contribution in [1.29, 1.82) is 0 Å². The topological polar surface area (TPSA) is 71.6 Å². The van der Waals surface area contributed by atoms with Crippen molar-refractivity contribution >= 4 is 5.97 Å². The van der Waals surface area contributed by atoms with E-state index in [4.69, 9.17) is 14.2 Å². The second-order valence-corrected chi connectivity index (χ2v) is 6.94. The first-order valence-electron chi connectivity index (χ1n) is 7.07. The Bertz CT molecular complexity index is 632. The summed E-state index contributed by atoms with van der Waals surface area (Å²) < 4.78 is 17.1. The van der Waals surface area contributed by atoms with E-state index in [2.05, 4.69) is 6.58 Å². The van der Waals surface area contributed by atoms with Crippen molar-refractivity contribution in [2.45, 2.75) is 55.7 Å². The molecule has 0 aromatic carbocycles. The number of allylic oxidation sites excluding steroid dienone is 1. The van der Waals surface area contributed by atoms with Gasteiger partial charge in [-0.05, 0) is 26.7 Å². The standard InChI is InChI=1S/C15H16O5/c1-6-7-4-5-13(2,17)15-9(8(7)18-12(6)16)14(3)10(19-14)11(15)20-15/h7,10-11,17H,1,4-5H2,2-3H3/t7-,10-,11+,13+,14+,15-/m0/s1. The van der Waals surface area contributed by atoms with E-state index in [1.54, 1.807) is 0 Å². The number of ether oxygens (including phenoxy) is 3. The molecule has 0 bridgehead atoms. The Balaban J connectivity index is 1.79. The van der Waals surface area contributed by atoms with Gasteiger partial charge in [0.15, 0.2) is 5.60 Å². The van der Waals surface area contributed by atoms with Gasteiger partial charge in [0.05, 0.1) is 5.60 Å². The summed E-state index contributed by atoms with van der Waals surface area (Å²) in [6, 6.07) is 0. The minimum atomic E-state index is -0.961. The Morgan fingerprint density at radius 2 is 2.05 bits per heavy atom. The zero-order valence-corrected chi connectivity index (χ0v) is 11.4. The first kappa shape index (κ1) is 11.5. The molecule has 5 aliphatic rings. The molecule has 1 saturated carbocycles. The average molecular weight is 276 g/mol. The molecule has 0 aromatic rings. The third-order valence-electron chi connectivity index (χ3n) is 5.82. The van der Waals surface area contributed by atoms with Gasteiger partial charge >= 0.3 is 5.97 Å². The first-order chi connectivity index (χ1) is 9.33. The van der Waals surface area contributed by atoms with Crippen molar-refractivity contribution in [3.63, 3.8) is 0 Å². The number of hydrogen-bond acceptors (Lipinski definition) is 5. The van der Waals surface area contributed by atoms with Gasteiger partial charge in [-0.3, -0.25) is 0 Å². The molecule has 2 aliphatic carbocycles. The number of esters is 1. The van der Waals surface area contributed by atoms with E-state index in [1.807, 2.05) is 13.8 Å². The molecule has 106 valence electrons. The van der Waals surface area contributed by atoms with Crippen LogP contribution in [0.5, 0.6) is 0 Å². The van der Waals surface area contributed by atoms with Crippen molar-refractivity contribution in [2.24, 2.45) is 5.92 Å². The molecule has 1 spiro atoms. The summed E-state index contributed by atoms with van der Waals surface area (Å²) in [7, 11) is 0. The number of carbonyl (C=O) groups is 1. The summed E-state index contributed by atoms with van der Waals surface area (Å²) >= 11 is 0. The Kier molecular flexibility index (Phi) is 1.58. The van der Waals surface area contributed by atoms with E-state index in [1.165, 1.54) is 0 Å². The summed E-state index contributed by atoms with van der Waals surface area (Å²) in [4.78, 5) is 11.8. The molecule has 1 N–H and O–H groups in total. The number of aliphatic hydroxyl groups is 1. The number of carbonyl (C=O) groups excluding carboxylic acids is 1. The summed E-state index contributed by atoms with van der Waals surface area (Å²) in [6.07, 6.45) is 1.06. The molecule has 0 aromatic heterocycles. The van der Waals surface area contributed by atoms with E-state index in [-0.39, 0.29) is 24.1 Å². The molecular weight excluding hydrogens is 260 g/mol. The van der Waals surface area contributed by atoms with Crippen molar-refractivity contribution in [3.8, 4) is 0 Å². The number of fused-ring (bicyclic) bond motifs is 4. The van der Waals surface area contributed by atoms with Crippen LogP contribution in [0.2, 0.25) is 0 Å². The predicted octanol–water partition coefficient (Wildman–Crippen LogP) is 0.823. The normalized spacial score (nSPS) is 58.5. The Morgan fingerprint density at radius 3 is 2.80 bits per heavy atom. The Labute approximate surface area is 116 Å². The zero-order valence-electron chi connectivity index (χ0n) is 11.4. The maximum absolute atomic E-state index is 11.8. The molecule has 4 fully saturated rings. The highest BCUT2D eigenvalue weighted by molar-refractivity contribution is 5.93. The van der Waals surface area contributed by atoms with Gasteiger partial charge in [-0.25, -0.2) is 4.79 Å². The second-order valence-electron chi connectivity index (χ2n) is 6.94. The first-order valence-corrected chi connectivity index (χ1v) is 7.07. The lowest BCUT2D eigenvalue weighted by Crippen LogP contribution is -2.46. The lowest BCUT2D eigenvalue weighted by molar-refractivity contribution is -0.132. The molecule has 3 heterocycles. The Morgan fingerprint density at radius 1 is 1.30 bits per heavy atom. The summed E-state index contributed by atoms with van der Waals surface area (Å²) in [5.74, 6) is 0.120. The molecule has 0 radical (unpaired) electrons. The quantitative estimate of drug-likeness (QED) is 0.403. The lowest BCUT2D eigenvalue weighted by atomic mass is 9.80. The fourth-order valence-electron chi connectivity index (χ4n) is 4.60. The molecule has 0 unspecified atom stereocenters. The van der Waals surface area contributed by atoms with Crippen LogP contribution >= 0.6 is 0 Å². The highest BCUT2D eigenvalue weighted by Gasteiger charge is 2.89. The summed E-state index contributed by atoms with van der Waals surface area (Å²) in [6.45, 7) is 7.65. The molecule has 0 amide bonds. The van der Waals surface area contributed by atoms with Gasteiger partial charge in [0.1, 0.15) is 23.6 Å². The highest BCUT2D eigenvalue weighted by atomic mass is 16.7. The number of epoxide rings is 2. The van der Waals surface area contributed by atoms with Gasteiger partial charge in [-0.2, -0.15) is 0 Å². The monoisotopic (exact) mass is 276 g/mol. The molecule has 5 heteroatoms. The molecule has 5 nitrogen and oxygen atoms in total.